The standard InChI is InChI=1S/C23H32O2/c1-7-25-21(24)14-17-15(2)8-9-16-12-19-20(13-18(16)17)23(5,6)11-10-22(19,3)4/h12-15H,7-11H2,1-6H3/b17-14-. The van der Waals surface area contributed by atoms with Gasteiger partial charge in [-0.05, 0) is 77.2 Å². The molecule has 2 aliphatic rings. The highest BCUT2D eigenvalue weighted by Gasteiger charge is 2.38. The van der Waals surface area contributed by atoms with E-state index in [9.17, 15) is 4.79 Å². The molecule has 0 saturated carbocycles. The highest BCUT2D eigenvalue weighted by molar-refractivity contribution is 5.93. The number of hydrogen-bond acceptors (Lipinski definition) is 2. The zero-order valence-corrected chi connectivity index (χ0v) is 16.7. The first-order valence-corrected chi connectivity index (χ1v) is 9.72. The van der Waals surface area contributed by atoms with Gasteiger partial charge in [-0.3, -0.25) is 0 Å². The molecule has 25 heavy (non-hydrogen) atoms. The summed E-state index contributed by atoms with van der Waals surface area (Å²) in [6.07, 6.45) is 6.37. The smallest absolute Gasteiger partial charge is 0.331 e. The predicted octanol–water partition coefficient (Wildman–Crippen LogP) is 5.56. The highest BCUT2D eigenvalue weighted by atomic mass is 16.5. The Morgan fingerprint density at radius 3 is 2.36 bits per heavy atom. The molecular weight excluding hydrogens is 308 g/mol. The fourth-order valence-corrected chi connectivity index (χ4v) is 4.46. The summed E-state index contributed by atoms with van der Waals surface area (Å²) in [7, 11) is 0. The van der Waals surface area contributed by atoms with Gasteiger partial charge < -0.3 is 4.74 Å². The third kappa shape index (κ3) is 3.28. The van der Waals surface area contributed by atoms with Gasteiger partial charge in [-0.15, -0.1) is 0 Å². The predicted molar refractivity (Wildman–Crippen MR) is 104 cm³/mol. The van der Waals surface area contributed by atoms with Crippen molar-refractivity contribution in [1.82, 2.24) is 0 Å². The average molecular weight is 341 g/mol. The van der Waals surface area contributed by atoms with E-state index in [1.807, 2.05) is 6.92 Å². The summed E-state index contributed by atoms with van der Waals surface area (Å²) < 4.78 is 5.18. The van der Waals surface area contributed by atoms with Gasteiger partial charge in [0.25, 0.3) is 0 Å². The highest BCUT2D eigenvalue weighted by Crippen LogP contribution is 2.48. The van der Waals surface area contributed by atoms with Crippen LogP contribution in [0.2, 0.25) is 0 Å². The van der Waals surface area contributed by atoms with Gasteiger partial charge >= 0.3 is 5.97 Å². The van der Waals surface area contributed by atoms with Crippen LogP contribution in [0.3, 0.4) is 0 Å². The van der Waals surface area contributed by atoms with Crippen LogP contribution < -0.4 is 0 Å². The fraction of sp³-hybridized carbons (Fsp3) is 0.609. The van der Waals surface area contributed by atoms with E-state index in [4.69, 9.17) is 4.74 Å². The molecule has 3 rings (SSSR count). The average Bonchev–Trinajstić information content (AvgIpc) is 2.54. The van der Waals surface area contributed by atoms with Gasteiger partial charge in [-0.25, -0.2) is 4.79 Å². The Kier molecular flexibility index (Phi) is 4.59. The minimum absolute atomic E-state index is 0.190. The third-order valence-electron chi connectivity index (χ3n) is 6.33. The van der Waals surface area contributed by atoms with Gasteiger partial charge in [0.15, 0.2) is 0 Å². The van der Waals surface area contributed by atoms with Crippen molar-refractivity contribution in [1.29, 1.82) is 0 Å². The van der Waals surface area contributed by atoms with Crippen LogP contribution in [-0.4, -0.2) is 12.6 Å². The van der Waals surface area contributed by atoms with Crippen molar-refractivity contribution in [2.24, 2.45) is 5.92 Å². The van der Waals surface area contributed by atoms with Crippen molar-refractivity contribution in [3.63, 3.8) is 0 Å². The van der Waals surface area contributed by atoms with Crippen molar-refractivity contribution in [3.8, 4) is 0 Å². The molecule has 0 fully saturated rings. The van der Waals surface area contributed by atoms with Gasteiger partial charge in [-0.2, -0.15) is 0 Å². The summed E-state index contributed by atoms with van der Waals surface area (Å²) in [6, 6.07) is 4.84. The molecule has 0 radical (unpaired) electrons. The summed E-state index contributed by atoms with van der Waals surface area (Å²) in [6.45, 7) is 14.0. The topological polar surface area (TPSA) is 26.3 Å². The number of ether oxygens (including phenoxy) is 1. The van der Waals surface area contributed by atoms with Gasteiger partial charge in [0.2, 0.25) is 0 Å². The van der Waals surface area contributed by atoms with Crippen LogP contribution in [0.15, 0.2) is 18.2 Å². The van der Waals surface area contributed by atoms with Gasteiger partial charge in [0.05, 0.1) is 6.61 Å². The monoisotopic (exact) mass is 340 g/mol. The van der Waals surface area contributed by atoms with Crippen molar-refractivity contribution in [3.05, 3.63) is 40.5 Å². The number of fused-ring (bicyclic) bond motifs is 2. The lowest BCUT2D eigenvalue weighted by atomic mass is 9.61. The van der Waals surface area contributed by atoms with Gasteiger partial charge in [-0.1, -0.05) is 46.8 Å². The van der Waals surface area contributed by atoms with Crippen LogP contribution >= 0.6 is 0 Å². The van der Waals surface area contributed by atoms with Gasteiger partial charge in [0, 0.05) is 6.08 Å². The summed E-state index contributed by atoms with van der Waals surface area (Å²) in [5.41, 5.74) is 7.22. The van der Waals surface area contributed by atoms with Crippen LogP contribution in [0.1, 0.15) is 83.1 Å². The number of hydrogen-bond donors (Lipinski definition) is 0. The maximum atomic E-state index is 12.1. The molecule has 0 bridgehead atoms. The van der Waals surface area contributed by atoms with Crippen LogP contribution in [-0.2, 0) is 26.8 Å². The third-order valence-corrected chi connectivity index (χ3v) is 6.33. The van der Waals surface area contributed by atoms with Crippen molar-refractivity contribution in [2.75, 3.05) is 6.61 Å². The Bertz CT molecular complexity index is 722. The Morgan fingerprint density at radius 2 is 1.76 bits per heavy atom. The molecule has 136 valence electrons. The largest absolute Gasteiger partial charge is 0.463 e. The molecule has 0 amide bonds. The first-order chi connectivity index (χ1) is 11.7. The van der Waals surface area contributed by atoms with Crippen molar-refractivity contribution >= 4 is 11.5 Å². The summed E-state index contributed by atoms with van der Waals surface area (Å²) >= 11 is 0. The van der Waals surface area contributed by atoms with E-state index in [-0.39, 0.29) is 16.8 Å². The van der Waals surface area contributed by atoms with Gasteiger partial charge in [0.1, 0.15) is 0 Å². The zero-order chi connectivity index (χ0) is 18.4. The molecule has 0 heterocycles. The molecule has 1 unspecified atom stereocenters. The Labute approximate surface area is 152 Å². The molecular formula is C23H32O2. The van der Waals surface area contributed by atoms with Crippen molar-refractivity contribution in [2.45, 2.75) is 78.1 Å². The number of allylic oxidation sites excluding steroid dienone is 1. The zero-order valence-electron chi connectivity index (χ0n) is 16.7. The number of carbonyl (C=O) groups is 1. The van der Waals surface area contributed by atoms with E-state index in [0.717, 1.165) is 18.4 Å². The van der Waals surface area contributed by atoms with Crippen LogP contribution in [0, 0.1) is 5.92 Å². The second-order valence-corrected chi connectivity index (χ2v) is 9.11. The van der Waals surface area contributed by atoms with Crippen LogP contribution in [0.25, 0.3) is 5.57 Å². The number of benzene rings is 1. The van der Waals surface area contributed by atoms with Crippen molar-refractivity contribution < 1.29 is 9.53 Å². The molecule has 1 aromatic rings. The lowest BCUT2D eigenvalue weighted by Crippen LogP contribution is -2.34. The Morgan fingerprint density at radius 1 is 1.16 bits per heavy atom. The number of rotatable bonds is 2. The molecule has 0 saturated heterocycles. The molecule has 2 nitrogen and oxygen atoms in total. The second kappa shape index (κ2) is 6.30. The molecule has 0 aliphatic heterocycles. The maximum absolute atomic E-state index is 12.1. The summed E-state index contributed by atoms with van der Waals surface area (Å²) in [4.78, 5) is 12.1. The molecule has 1 aromatic carbocycles. The van der Waals surface area contributed by atoms with E-state index < -0.39 is 0 Å². The second-order valence-electron chi connectivity index (χ2n) is 9.11. The minimum atomic E-state index is -0.213. The van der Waals surface area contributed by atoms with Crippen LogP contribution in [0.4, 0.5) is 0 Å². The van der Waals surface area contributed by atoms with E-state index in [1.54, 1.807) is 6.08 Å². The number of carbonyl (C=O) groups excluding carboxylic acids is 1. The maximum Gasteiger partial charge on any atom is 0.331 e. The van der Waals surface area contributed by atoms with E-state index in [0.29, 0.717) is 12.5 Å². The number of esters is 1. The quantitative estimate of drug-likeness (QED) is 0.520. The van der Waals surface area contributed by atoms with E-state index >= 15 is 0 Å². The van der Waals surface area contributed by atoms with E-state index in [2.05, 4.69) is 46.8 Å². The molecule has 0 spiro atoms. The molecule has 2 aliphatic carbocycles. The lowest BCUT2D eigenvalue weighted by Gasteiger charge is -2.43. The molecule has 1 atom stereocenters. The molecule has 0 N–H and O–H groups in total. The SMILES string of the molecule is CCOC(=O)/C=C1\c2cc3c(cc2CCC1C)C(C)(C)CCC3(C)C. The lowest BCUT2D eigenvalue weighted by molar-refractivity contribution is -0.137. The minimum Gasteiger partial charge on any atom is -0.463 e. The first-order valence-electron chi connectivity index (χ1n) is 9.72. The van der Waals surface area contributed by atoms with E-state index in [1.165, 1.54) is 35.1 Å². The normalized spacial score (nSPS) is 25.2. The summed E-state index contributed by atoms with van der Waals surface area (Å²) in [5.74, 6) is 0.184. The Hall–Kier alpha value is -1.57. The number of aryl methyl sites for hydroxylation is 1. The Balaban J connectivity index is 2.17. The molecule has 2 heteroatoms. The summed E-state index contributed by atoms with van der Waals surface area (Å²) in [5, 5.41) is 0. The molecule has 0 aromatic heterocycles. The first kappa shape index (κ1) is 18.2. The fourth-order valence-electron chi connectivity index (χ4n) is 4.46. The van der Waals surface area contributed by atoms with Crippen LogP contribution in [0.5, 0.6) is 0 Å².